The van der Waals surface area contributed by atoms with Crippen LogP contribution < -0.4 is 0 Å². The van der Waals surface area contributed by atoms with Gasteiger partial charge in [-0.05, 0) is 37.5 Å². The molecule has 1 nitrogen and oxygen atoms in total. The van der Waals surface area contributed by atoms with Gasteiger partial charge in [0.15, 0.2) is 0 Å². The first-order valence-corrected chi connectivity index (χ1v) is 11.3. The highest BCUT2D eigenvalue weighted by molar-refractivity contribution is 7.89. The molecule has 2 aliphatic carbocycles. The van der Waals surface area contributed by atoms with Gasteiger partial charge in [-0.1, -0.05) is 25.5 Å². The molecular weight excluding hydrogens is 222 g/mol. The van der Waals surface area contributed by atoms with Crippen molar-refractivity contribution in [2.24, 2.45) is 0 Å². The van der Waals surface area contributed by atoms with E-state index in [-0.39, 0.29) is 0 Å². The summed E-state index contributed by atoms with van der Waals surface area (Å²) in [6.45, 7) is 5.73. The molecule has 2 rings (SSSR count). The van der Waals surface area contributed by atoms with Crippen molar-refractivity contribution in [2.45, 2.75) is 44.7 Å². The van der Waals surface area contributed by atoms with Crippen LogP contribution in [0.4, 0.5) is 0 Å². The third-order valence-electron chi connectivity index (χ3n) is 3.57. The minimum absolute atomic E-state index is 0.823. The van der Waals surface area contributed by atoms with Crippen LogP contribution in [0, 0.1) is 0 Å². The summed E-state index contributed by atoms with van der Waals surface area (Å²) in [7, 11) is -1.57. The molecule has 15 heavy (non-hydrogen) atoms. The van der Waals surface area contributed by atoms with Crippen LogP contribution in [0.1, 0.15) is 39.0 Å². The molecule has 0 saturated heterocycles. The average Bonchev–Trinajstić information content (AvgIpc) is 2.96. The molecule has 0 amide bonds. The Morgan fingerprint density at radius 3 is 2.27 bits per heavy atom. The van der Waals surface area contributed by atoms with Crippen molar-refractivity contribution < 1.29 is 4.89 Å². The fraction of sp³-hybridized carbons (Fsp3) is 0.917. The van der Waals surface area contributed by atoms with Crippen molar-refractivity contribution >= 4 is 19.7 Å². The summed E-state index contributed by atoms with van der Waals surface area (Å²) in [6, 6.07) is 0. The molecule has 0 aromatic heterocycles. The highest BCUT2D eigenvalue weighted by atomic mass is 31.2. The smallest absolute Gasteiger partial charge is 0.140 e. The van der Waals surface area contributed by atoms with E-state index in [1.54, 1.807) is 0 Å². The maximum Gasteiger partial charge on any atom is 0.140 e. The van der Waals surface area contributed by atoms with Crippen molar-refractivity contribution in [3.8, 4) is 0 Å². The van der Waals surface area contributed by atoms with Gasteiger partial charge in [0.25, 0.3) is 0 Å². The quantitative estimate of drug-likeness (QED) is 0.735. The fourth-order valence-corrected chi connectivity index (χ4v) is 14.3. The van der Waals surface area contributed by atoms with E-state index in [2.05, 4.69) is 20.3 Å². The molecule has 0 aliphatic heterocycles. The first-order chi connectivity index (χ1) is 6.98. The molecule has 1 atom stereocenters. The van der Waals surface area contributed by atoms with Crippen LogP contribution in [-0.4, -0.2) is 41.2 Å². The Balaban J connectivity index is 2.25. The largest absolute Gasteiger partial charge is 0.252 e. The van der Waals surface area contributed by atoms with Gasteiger partial charge in [-0.25, -0.2) is 0 Å². The van der Waals surface area contributed by atoms with Crippen LogP contribution in [-0.2, 0) is 0 Å². The van der Waals surface area contributed by atoms with Gasteiger partial charge in [-0.3, -0.25) is 4.89 Å². The van der Waals surface area contributed by atoms with Crippen molar-refractivity contribution in [3.63, 3.8) is 0 Å². The minimum atomic E-state index is -1.57. The van der Waals surface area contributed by atoms with Crippen LogP contribution in [0.2, 0.25) is 0 Å². The highest BCUT2D eigenvalue weighted by Gasteiger charge is 2.46. The number of rotatable bonds is 5. The standard InChI is InChI=1S/C12H25OP2/c1-4-9-15(11-5-6-11,12-7-8-12)10-14(2,3)13/h11,13H,4-10H2,1-3H3/q+1. The van der Waals surface area contributed by atoms with Crippen molar-refractivity contribution in [3.05, 3.63) is 0 Å². The monoisotopic (exact) mass is 247 g/mol. The summed E-state index contributed by atoms with van der Waals surface area (Å²) >= 11 is 0. The summed E-state index contributed by atoms with van der Waals surface area (Å²) in [5, 5.41) is 1.91. The van der Waals surface area contributed by atoms with Crippen LogP contribution in [0.3, 0.4) is 0 Å². The van der Waals surface area contributed by atoms with Gasteiger partial charge in [-0.15, -0.1) is 0 Å². The fourth-order valence-electron chi connectivity index (χ4n) is 2.97. The molecule has 2 aliphatic rings. The van der Waals surface area contributed by atoms with E-state index in [1.807, 2.05) is 5.29 Å². The molecule has 0 aromatic rings. The third-order valence-corrected chi connectivity index (χ3v) is 13.2. The first-order valence-electron chi connectivity index (χ1n) is 6.26. The lowest BCUT2D eigenvalue weighted by atomic mass is 10.6. The zero-order chi connectivity index (χ0) is 11.1. The lowest BCUT2D eigenvalue weighted by Gasteiger charge is -2.27. The molecule has 3 heteroatoms. The maximum atomic E-state index is 10.3. The Morgan fingerprint density at radius 2 is 1.93 bits per heavy atom. The van der Waals surface area contributed by atoms with Gasteiger partial charge in [0, 0.05) is 0 Å². The first kappa shape index (κ1) is 12.2. The lowest BCUT2D eigenvalue weighted by molar-refractivity contribution is 0.618. The summed E-state index contributed by atoms with van der Waals surface area (Å²) < 4.78 is 0. The molecular formula is C12H25OP2+. The maximum absolute atomic E-state index is 10.3. The molecule has 1 unspecified atom stereocenters. The molecule has 0 heterocycles. The molecule has 0 radical (unpaired) electrons. The predicted molar refractivity (Wildman–Crippen MR) is 75.2 cm³/mol. The second-order valence-electron chi connectivity index (χ2n) is 5.82. The van der Waals surface area contributed by atoms with Crippen LogP contribution >= 0.6 is 14.4 Å². The second kappa shape index (κ2) is 4.17. The van der Waals surface area contributed by atoms with E-state index in [0.29, 0.717) is 0 Å². The number of hydrogen-bond donors (Lipinski definition) is 1. The lowest BCUT2D eigenvalue weighted by Crippen LogP contribution is -2.06. The van der Waals surface area contributed by atoms with Crippen molar-refractivity contribution in [1.82, 2.24) is 0 Å². The summed E-state index contributed by atoms with van der Waals surface area (Å²) in [5.74, 6) is 1.22. The van der Waals surface area contributed by atoms with Crippen LogP contribution in [0.5, 0.6) is 0 Å². The van der Waals surface area contributed by atoms with E-state index in [4.69, 9.17) is 0 Å². The Kier molecular flexibility index (Phi) is 3.38. The topological polar surface area (TPSA) is 20.2 Å². The van der Waals surface area contributed by atoms with E-state index >= 15 is 0 Å². The molecule has 0 bridgehead atoms. The van der Waals surface area contributed by atoms with E-state index in [1.165, 1.54) is 44.2 Å². The SMILES string of the molecule is CCCP(C[P+](C)(C)O)(=C1CC1)C1CC1. The van der Waals surface area contributed by atoms with E-state index in [9.17, 15) is 4.89 Å². The zero-order valence-corrected chi connectivity index (χ0v) is 12.2. The second-order valence-corrected chi connectivity index (χ2v) is 14.1. The van der Waals surface area contributed by atoms with Gasteiger partial charge < -0.3 is 0 Å². The Morgan fingerprint density at radius 1 is 1.33 bits per heavy atom. The summed E-state index contributed by atoms with van der Waals surface area (Å²) in [4.78, 5) is 10.3. The molecule has 2 saturated carbocycles. The molecule has 88 valence electrons. The van der Waals surface area contributed by atoms with Crippen LogP contribution in [0.15, 0.2) is 0 Å². The van der Waals surface area contributed by atoms with Gasteiger partial charge in [0.2, 0.25) is 0 Å². The normalized spacial score (nSPS) is 25.2. The predicted octanol–water partition coefficient (Wildman–Crippen LogP) is 3.68. The molecule has 0 spiro atoms. The molecule has 2 fully saturated rings. The molecule has 0 aromatic carbocycles. The third kappa shape index (κ3) is 2.87. The van der Waals surface area contributed by atoms with Gasteiger partial charge in [0.05, 0.1) is 13.3 Å². The summed E-state index contributed by atoms with van der Waals surface area (Å²) in [5.41, 5.74) is 1.04. The van der Waals surface area contributed by atoms with E-state index in [0.717, 1.165) is 5.66 Å². The average molecular weight is 247 g/mol. The highest BCUT2D eigenvalue weighted by Crippen LogP contribution is 2.73. The Bertz CT molecular complexity index is 291. The number of hydrogen-bond acceptors (Lipinski definition) is 1. The van der Waals surface area contributed by atoms with Gasteiger partial charge in [0.1, 0.15) is 13.4 Å². The Labute approximate surface area is 95.1 Å². The zero-order valence-electron chi connectivity index (χ0n) is 10.4. The summed E-state index contributed by atoms with van der Waals surface area (Å²) in [6.07, 6.45) is 8.52. The van der Waals surface area contributed by atoms with Crippen molar-refractivity contribution in [2.75, 3.05) is 25.4 Å². The van der Waals surface area contributed by atoms with Gasteiger partial charge >= 0.3 is 0 Å². The van der Waals surface area contributed by atoms with Gasteiger partial charge in [-0.2, -0.15) is 0 Å². The minimum Gasteiger partial charge on any atom is -0.252 e. The van der Waals surface area contributed by atoms with Crippen molar-refractivity contribution in [1.29, 1.82) is 0 Å². The molecule has 1 N–H and O–H groups in total. The van der Waals surface area contributed by atoms with Crippen LogP contribution in [0.25, 0.3) is 0 Å². The van der Waals surface area contributed by atoms with E-state index < -0.39 is 14.4 Å². The Hall–Kier alpha value is 0.690.